The van der Waals surface area contributed by atoms with Crippen LogP contribution in [0.25, 0.3) is 98.8 Å². The van der Waals surface area contributed by atoms with Gasteiger partial charge < -0.3 is 4.42 Å². The van der Waals surface area contributed by atoms with Gasteiger partial charge in [0.15, 0.2) is 0 Å². The normalized spacial score (nSPS) is 19.5. The van der Waals surface area contributed by atoms with E-state index < -0.39 is 252 Å². The number of hydrogen-bond donors (Lipinski definition) is 0. The van der Waals surface area contributed by atoms with Crippen molar-refractivity contribution >= 4 is 54.3 Å². The summed E-state index contributed by atoms with van der Waals surface area (Å²) in [7, 11) is 0. The van der Waals surface area contributed by atoms with Crippen LogP contribution in [0.2, 0.25) is 0 Å². The molecule has 0 aliphatic rings. The van der Waals surface area contributed by atoms with E-state index in [9.17, 15) is 13.7 Å². The van der Waals surface area contributed by atoms with Gasteiger partial charge in [-0.25, -0.2) is 0 Å². The van der Waals surface area contributed by atoms with Crippen LogP contribution < -0.4 is 0 Å². The second kappa shape index (κ2) is 11.3. The minimum Gasteiger partial charge on any atom is -0.455 e. The summed E-state index contributed by atoms with van der Waals surface area (Å²) in [4.78, 5) is 0. The lowest BCUT2D eigenvalue weighted by atomic mass is 9.85. The van der Waals surface area contributed by atoms with Gasteiger partial charge in [-0.05, 0) is 78.7 Å². The first-order chi connectivity index (χ1) is 36.4. The monoisotopic (exact) mass is 664 g/mol. The van der Waals surface area contributed by atoms with Crippen LogP contribution >= 0.6 is 0 Å². The van der Waals surface area contributed by atoms with Crippen LogP contribution in [0.3, 0.4) is 0 Å². The minimum atomic E-state index is -1.08. The van der Waals surface area contributed by atoms with Crippen LogP contribution in [0, 0.1) is 6.92 Å². The fourth-order valence-electron chi connectivity index (χ4n) is 6.21. The summed E-state index contributed by atoms with van der Waals surface area (Å²) in [6, 6.07) is -23.8. The first-order valence-electron chi connectivity index (χ1n) is 29.0. The van der Waals surface area contributed by atoms with E-state index in [0.717, 1.165) is 6.07 Å². The van der Waals surface area contributed by atoms with Crippen molar-refractivity contribution in [1.29, 1.82) is 0 Å². The van der Waals surface area contributed by atoms with Crippen molar-refractivity contribution in [1.82, 2.24) is 0 Å². The maximum atomic E-state index is 9.91. The summed E-state index contributed by atoms with van der Waals surface area (Å²) in [6.07, 6.45) is 0. The molecule has 0 spiro atoms. The highest BCUT2D eigenvalue weighted by Crippen LogP contribution is 2.47. The van der Waals surface area contributed by atoms with Crippen LogP contribution in [-0.2, 0) is 0 Å². The molecule has 0 atom stereocenters. The summed E-state index contributed by atoms with van der Waals surface area (Å²) in [5.74, 6) is 0. The van der Waals surface area contributed by atoms with Crippen LogP contribution in [0.15, 0.2) is 180 Å². The Hall–Kier alpha value is -6.44. The van der Waals surface area contributed by atoms with E-state index in [1.165, 1.54) is 6.92 Å². The zero-order valence-electron chi connectivity index (χ0n) is 53.5. The quantitative estimate of drug-likeness (QED) is 0.171. The highest BCUT2D eigenvalue weighted by atomic mass is 16.3. The number of benzene rings is 9. The third-order valence-electron chi connectivity index (χ3n) is 8.38. The lowest BCUT2D eigenvalue weighted by Gasteiger charge is -2.18. The van der Waals surface area contributed by atoms with Gasteiger partial charge in [0.2, 0.25) is 0 Å². The largest absolute Gasteiger partial charge is 0.455 e. The van der Waals surface area contributed by atoms with Gasteiger partial charge in [0.25, 0.3) is 0 Å². The van der Waals surface area contributed by atoms with Gasteiger partial charge in [-0.3, -0.25) is 0 Å². The minimum absolute atomic E-state index is 0.111. The van der Waals surface area contributed by atoms with Crippen molar-refractivity contribution in [2.75, 3.05) is 0 Å². The van der Waals surface area contributed by atoms with Crippen molar-refractivity contribution in [3.05, 3.63) is 181 Å². The topological polar surface area (TPSA) is 13.1 Å². The van der Waals surface area contributed by atoms with E-state index in [2.05, 4.69) is 0 Å². The Bertz CT molecular complexity index is 4420. The molecule has 0 N–H and O–H groups in total. The van der Waals surface area contributed by atoms with Crippen LogP contribution in [-0.4, -0.2) is 0 Å². The molecular formula is C49H32O. The van der Waals surface area contributed by atoms with Gasteiger partial charge in [0.05, 0.1) is 38.4 Å². The summed E-state index contributed by atoms with van der Waals surface area (Å²) in [5, 5.41) is -4.80. The Morgan fingerprint density at radius 3 is 1.70 bits per heavy atom. The van der Waals surface area contributed by atoms with Gasteiger partial charge in [-0.15, -0.1) is 0 Å². The number of rotatable bonds is 4. The molecule has 0 aliphatic heterocycles. The lowest BCUT2D eigenvalue weighted by molar-refractivity contribution is 0.671. The fraction of sp³-hybridized carbons (Fsp3) is 0.0204. The molecule has 0 saturated heterocycles. The molecule has 1 aromatic heterocycles. The van der Waals surface area contributed by atoms with Crippen molar-refractivity contribution < 1.29 is 42.8 Å². The average molecular weight is 665 g/mol. The third kappa shape index (κ3) is 4.34. The standard InChI is InChI=1S/C49H32O/c1-31-14-2-4-19-35(31)42-26-12-27-43-44-28-13-29-45(49(44)50-48(42)43)47-40-23-8-6-21-38(40)46(39-22-7-9-24-41(39)47)34-18-10-17-33(30-34)37-25-11-16-32-15-3-5-20-36(32)37/h2-30H,1H3/i2D,3D,4D,5D,6D,7D,8D,9D,10D,11D,12D,13D,14D,15D,16D,17D,18D,19D,20D,21D,22D,23D,24D,25D,26D,27D,29D,30D. The van der Waals surface area contributed by atoms with Crippen molar-refractivity contribution in [3.63, 3.8) is 0 Å². The lowest BCUT2D eigenvalue weighted by Crippen LogP contribution is -1.91. The van der Waals surface area contributed by atoms with E-state index in [0.29, 0.717) is 0 Å². The maximum absolute atomic E-state index is 9.91. The molecule has 0 unspecified atom stereocenters. The summed E-state index contributed by atoms with van der Waals surface area (Å²) in [6.45, 7) is 1.32. The van der Waals surface area contributed by atoms with Gasteiger partial charge in [0, 0.05) is 27.5 Å². The number of fused-ring (bicyclic) bond motifs is 6. The number of hydrogen-bond acceptors (Lipinski definition) is 1. The Labute approximate surface area is 330 Å². The number of para-hydroxylation sites is 2. The Balaban J connectivity index is 1.50. The fourth-order valence-corrected chi connectivity index (χ4v) is 6.21. The Kier molecular flexibility index (Phi) is 2.75. The van der Waals surface area contributed by atoms with E-state index in [4.69, 9.17) is 29.1 Å². The molecule has 1 nitrogen and oxygen atoms in total. The molecule has 0 aliphatic carbocycles. The summed E-state index contributed by atoms with van der Waals surface area (Å²) >= 11 is 0. The molecule has 234 valence electrons. The van der Waals surface area contributed by atoms with Gasteiger partial charge in [0.1, 0.15) is 11.2 Å². The Morgan fingerprint density at radius 1 is 0.380 bits per heavy atom. The van der Waals surface area contributed by atoms with Gasteiger partial charge in [-0.2, -0.15) is 0 Å². The molecular weight excluding hydrogens is 605 g/mol. The molecule has 0 saturated carbocycles. The molecule has 10 rings (SSSR count). The zero-order chi connectivity index (χ0) is 57.5. The first-order valence-corrected chi connectivity index (χ1v) is 15.0. The molecule has 0 radical (unpaired) electrons. The second-order valence-electron chi connectivity index (χ2n) is 11.1. The predicted octanol–water partition coefficient (Wildman–Crippen LogP) is 14.0. The van der Waals surface area contributed by atoms with Crippen molar-refractivity contribution in [3.8, 4) is 44.5 Å². The maximum Gasteiger partial charge on any atom is 0.143 e. The highest BCUT2D eigenvalue weighted by molar-refractivity contribution is 6.24. The second-order valence-corrected chi connectivity index (χ2v) is 11.1. The van der Waals surface area contributed by atoms with Gasteiger partial charge >= 0.3 is 0 Å². The molecule has 0 fully saturated rings. The number of furan rings is 1. The molecule has 1 heteroatoms. The van der Waals surface area contributed by atoms with Crippen LogP contribution in [0.1, 0.15) is 43.9 Å². The average Bonchev–Trinajstić information content (AvgIpc) is 3.83. The van der Waals surface area contributed by atoms with Gasteiger partial charge in [-0.1, -0.05) is 169 Å². The Morgan fingerprint density at radius 2 is 0.900 bits per heavy atom. The molecule has 1 heterocycles. The van der Waals surface area contributed by atoms with E-state index in [-0.39, 0.29) is 21.9 Å². The smallest absolute Gasteiger partial charge is 0.143 e. The van der Waals surface area contributed by atoms with Crippen molar-refractivity contribution in [2.45, 2.75) is 6.92 Å². The van der Waals surface area contributed by atoms with E-state index >= 15 is 0 Å². The summed E-state index contributed by atoms with van der Waals surface area (Å²) < 4.78 is 260. The van der Waals surface area contributed by atoms with Crippen LogP contribution in [0.4, 0.5) is 0 Å². The highest BCUT2D eigenvalue weighted by Gasteiger charge is 2.21. The molecule has 9 aromatic carbocycles. The van der Waals surface area contributed by atoms with Crippen molar-refractivity contribution in [2.24, 2.45) is 0 Å². The third-order valence-corrected chi connectivity index (χ3v) is 8.38. The molecule has 0 bridgehead atoms. The molecule has 10 aromatic rings. The van der Waals surface area contributed by atoms with E-state index in [1.807, 2.05) is 0 Å². The first kappa shape index (κ1) is 12.2. The molecule has 0 amide bonds. The predicted molar refractivity (Wildman–Crippen MR) is 213 cm³/mol. The van der Waals surface area contributed by atoms with E-state index in [1.54, 1.807) is 0 Å². The zero-order valence-corrected chi connectivity index (χ0v) is 25.5. The molecule has 50 heavy (non-hydrogen) atoms. The summed E-state index contributed by atoms with van der Waals surface area (Å²) in [5.41, 5.74) is -6.44. The SMILES string of the molecule is [2H]c1cc2c(oc3c(-c4c([2H])c([2H])c([2H])c([2H])c4C)c([2H])c([2H])c([2H])c32)c(-c2c3c([2H])c([2H])c([2H])c([2H])c3c(-c3c([2H])c([2H])c([2H])c(-c4c([2H])c([2H])c([2H])c5c([2H])c([2H])c([2H])c([2H])c45)c3[2H])c3c([2H])c([2H])c([2H])c([2H])c23)c1[2H]. The van der Waals surface area contributed by atoms with Crippen LogP contribution in [0.5, 0.6) is 0 Å².